The molecule has 16 heavy (non-hydrogen) atoms. The molecule has 2 heteroatoms. The van der Waals surface area contributed by atoms with E-state index < -0.39 is 0 Å². The number of methoxy groups -OCH3 is 1. The van der Waals surface area contributed by atoms with E-state index in [9.17, 15) is 0 Å². The third-order valence-electron chi connectivity index (χ3n) is 2.93. The van der Waals surface area contributed by atoms with Crippen molar-refractivity contribution < 1.29 is 4.74 Å². The molecule has 1 aromatic rings. The summed E-state index contributed by atoms with van der Waals surface area (Å²) >= 11 is 0. The molecule has 0 heterocycles. The van der Waals surface area contributed by atoms with Gasteiger partial charge < -0.3 is 10.1 Å². The number of hydrogen-bond acceptors (Lipinski definition) is 2. The van der Waals surface area contributed by atoms with Crippen LogP contribution in [-0.4, -0.2) is 13.2 Å². The maximum absolute atomic E-state index is 5.42. The molecule has 90 valence electrons. The summed E-state index contributed by atoms with van der Waals surface area (Å²) < 4.78 is 5.42. The number of hydrogen-bond donors (Lipinski definition) is 1. The first kappa shape index (κ1) is 12.9. The first-order valence-corrected chi connectivity index (χ1v) is 6.00. The van der Waals surface area contributed by atoms with Gasteiger partial charge in [0.2, 0.25) is 0 Å². The first-order chi connectivity index (χ1) is 7.60. The Hall–Kier alpha value is -1.18. The van der Waals surface area contributed by atoms with Gasteiger partial charge >= 0.3 is 0 Å². The third kappa shape index (κ3) is 2.91. The van der Waals surface area contributed by atoms with Crippen LogP contribution in [0.4, 0.5) is 5.69 Å². The monoisotopic (exact) mass is 221 g/mol. The summed E-state index contributed by atoms with van der Waals surface area (Å²) in [4.78, 5) is 0. The number of rotatable bonds is 5. The Bertz CT molecular complexity index is 347. The molecule has 1 atom stereocenters. The Morgan fingerprint density at radius 1 is 1.31 bits per heavy atom. The molecule has 0 amide bonds. The molecule has 1 aromatic carbocycles. The van der Waals surface area contributed by atoms with E-state index >= 15 is 0 Å². The van der Waals surface area contributed by atoms with Crippen LogP contribution >= 0.6 is 0 Å². The summed E-state index contributed by atoms with van der Waals surface area (Å²) in [6.45, 7) is 8.61. The standard InChI is InChI=1S/C14H23NO/c1-6-7-11(3)15-13-9-8-10(2)14(16-5)12(13)4/h8-9,11,15H,6-7H2,1-5H3. The highest BCUT2D eigenvalue weighted by Crippen LogP contribution is 2.29. The van der Waals surface area contributed by atoms with E-state index in [-0.39, 0.29) is 0 Å². The number of aryl methyl sites for hydroxylation is 1. The van der Waals surface area contributed by atoms with Crippen molar-refractivity contribution in [3.05, 3.63) is 23.3 Å². The van der Waals surface area contributed by atoms with Crippen LogP contribution in [-0.2, 0) is 0 Å². The van der Waals surface area contributed by atoms with Gasteiger partial charge in [0.15, 0.2) is 0 Å². The lowest BCUT2D eigenvalue weighted by molar-refractivity contribution is 0.409. The van der Waals surface area contributed by atoms with Gasteiger partial charge in [0.25, 0.3) is 0 Å². The molecule has 0 saturated heterocycles. The molecule has 1 unspecified atom stereocenters. The van der Waals surface area contributed by atoms with E-state index in [1.54, 1.807) is 7.11 Å². The minimum atomic E-state index is 0.510. The topological polar surface area (TPSA) is 21.3 Å². The van der Waals surface area contributed by atoms with Crippen LogP contribution in [0.2, 0.25) is 0 Å². The van der Waals surface area contributed by atoms with Crippen molar-refractivity contribution in [2.45, 2.75) is 46.6 Å². The van der Waals surface area contributed by atoms with Crippen molar-refractivity contribution in [2.24, 2.45) is 0 Å². The van der Waals surface area contributed by atoms with Crippen LogP contribution in [0.1, 0.15) is 37.8 Å². The van der Waals surface area contributed by atoms with Crippen LogP contribution in [0.5, 0.6) is 5.75 Å². The summed E-state index contributed by atoms with van der Waals surface area (Å²) in [5.74, 6) is 0.994. The molecular formula is C14H23NO. The van der Waals surface area contributed by atoms with Gasteiger partial charge in [0.1, 0.15) is 5.75 Å². The highest BCUT2D eigenvalue weighted by Gasteiger charge is 2.09. The normalized spacial score (nSPS) is 12.3. The lowest BCUT2D eigenvalue weighted by Gasteiger charge is -2.19. The third-order valence-corrected chi connectivity index (χ3v) is 2.93. The Morgan fingerprint density at radius 3 is 2.56 bits per heavy atom. The molecule has 1 rings (SSSR count). The van der Waals surface area contributed by atoms with E-state index in [2.05, 4.69) is 45.1 Å². The number of nitrogens with one attached hydrogen (secondary N) is 1. The lowest BCUT2D eigenvalue weighted by Crippen LogP contribution is -2.15. The Balaban J connectivity index is 2.89. The second-order valence-electron chi connectivity index (χ2n) is 4.42. The Kier molecular flexibility index (Phi) is 4.66. The van der Waals surface area contributed by atoms with E-state index in [1.807, 2.05) is 0 Å². The highest BCUT2D eigenvalue weighted by molar-refractivity contribution is 5.59. The van der Waals surface area contributed by atoms with Gasteiger partial charge in [0, 0.05) is 17.3 Å². The van der Waals surface area contributed by atoms with E-state index in [0.29, 0.717) is 6.04 Å². The second-order valence-corrected chi connectivity index (χ2v) is 4.42. The lowest BCUT2D eigenvalue weighted by atomic mass is 10.1. The number of anilines is 1. The summed E-state index contributed by atoms with van der Waals surface area (Å²) in [7, 11) is 1.73. The quantitative estimate of drug-likeness (QED) is 0.814. The fourth-order valence-electron chi connectivity index (χ4n) is 2.07. The van der Waals surface area contributed by atoms with Gasteiger partial charge in [-0.15, -0.1) is 0 Å². The van der Waals surface area contributed by atoms with Gasteiger partial charge in [-0.25, -0.2) is 0 Å². The van der Waals surface area contributed by atoms with Crippen LogP contribution in [0, 0.1) is 13.8 Å². The van der Waals surface area contributed by atoms with E-state index in [4.69, 9.17) is 4.74 Å². The summed E-state index contributed by atoms with van der Waals surface area (Å²) in [6, 6.07) is 4.75. The molecule has 0 aliphatic rings. The largest absolute Gasteiger partial charge is 0.496 e. The van der Waals surface area contributed by atoms with E-state index in [1.165, 1.54) is 29.7 Å². The van der Waals surface area contributed by atoms with Crippen LogP contribution in [0.3, 0.4) is 0 Å². The molecule has 2 nitrogen and oxygen atoms in total. The van der Waals surface area contributed by atoms with Crippen molar-refractivity contribution in [1.29, 1.82) is 0 Å². The fourth-order valence-corrected chi connectivity index (χ4v) is 2.07. The summed E-state index contributed by atoms with van der Waals surface area (Å²) in [5, 5.41) is 3.53. The molecular weight excluding hydrogens is 198 g/mol. The Morgan fingerprint density at radius 2 is 2.00 bits per heavy atom. The predicted molar refractivity (Wildman–Crippen MR) is 70.5 cm³/mol. The van der Waals surface area contributed by atoms with Crippen molar-refractivity contribution in [3.63, 3.8) is 0 Å². The fraction of sp³-hybridized carbons (Fsp3) is 0.571. The predicted octanol–water partition coefficient (Wildman–Crippen LogP) is 3.91. The van der Waals surface area contributed by atoms with Crippen LogP contribution in [0.15, 0.2) is 12.1 Å². The maximum atomic E-state index is 5.42. The average Bonchev–Trinajstić information content (AvgIpc) is 2.23. The molecule has 0 aromatic heterocycles. The van der Waals surface area contributed by atoms with Crippen molar-refractivity contribution in [1.82, 2.24) is 0 Å². The van der Waals surface area contributed by atoms with Crippen LogP contribution < -0.4 is 10.1 Å². The highest BCUT2D eigenvalue weighted by atomic mass is 16.5. The zero-order valence-corrected chi connectivity index (χ0v) is 11.1. The number of benzene rings is 1. The molecule has 0 spiro atoms. The van der Waals surface area contributed by atoms with Gasteiger partial charge in [0.05, 0.1) is 7.11 Å². The van der Waals surface area contributed by atoms with Gasteiger partial charge in [-0.1, -0.05) is 19.4 Å². The van der Waals surface area contributed by atoms with Gasteiger partial charge in [-0.05, 0) is 38.8 Å². The van der Waals surface area contributed by atoms with Crippen molar-refractivity contribution >= 4 is 5.69 Å². The molecule has 0 aliphatic heterocycles. The van der Waals surface area contributed by atoms with Gasteiger partial charge in [-0.3, -0.25) is 0 Å². The molecule has 0 bridgehead atoms. The molecule has 0 fully saturated rings. The smallest absolute Gasteiger partial charge is 0.126 e. The summed E-state index contributed by atoms with van der Waals surface area (Å²) in [5.41, 5.74) is 3.57. The Labute approximate surface area is 99.0 Å². The number of ether oxygens (including phenoxy) is 1. The molecule has 0 radical (unpaired) electrons. The zero-order chi connectivity index (χ0) is 12.1. The average molecular weight is 221 g/mol. The first-order valence-electron chi connectivity index (χ1n) is 6.00. The van der Waals surface area contributed by atoms with Crippen molar-refractivity contribution in [3.8, 4) is 5.75 Å². The second kappa shape index (κ2) is 5.78. The van der Waals surface area contributed by atoms with E-state index in [0.717, 1.165) is 5.75 Å². The van der Waals surface area contributed by atoms with Crippen molar-refractivity contribution in [2.75, 3.05) is 12.4 Å². The van der Waals surface area contributed by atoms with Crippen LogP contribution in [0.25, 0.3) is 0 Å². The SMILES string of the molecule is CCCC(C)Nc1ccc(C)c(OC)c1C. The molecule has 0 aliphatic carbocycles. The summed E-state index contributed by atoms with van der Waals surface area (Å²) in [6.07, 6.45) is 2.39. The minimum absolute atomic E-state index is 0.510. The van der Waals surface area contributed by atoms with Gasteiger partial charge in [-0.2, -0.15) is 0 Å². The molecule has 1 N–H and O–H groups in total. The zero-order valence-electron chi connectivity index (χ0n) is 11.1. The minimum Gasteiger partial charge on any atom is -0.496 e. The maximum Gasteiger partial charge on any atom is 0.126 e. The molecule has 0 saturated carbocycles.